The zero-order valence-electron chi connectivity index (χ0n) is 12.3. The molecule has 2 aliphatic heterocycles. The predicted molar refractivity (Wildman–Crippen MR) is 74.2 cm³/mol. The van der Waals surface area contributed by atoms with E-state index in [0.29, 0.717) is 17.5 Å². The van der Waals surface area contributed by atoms with Crippen LogP contribution in [0.3, 0.4) is 0 Å². The van der Waals surface area contributed by atoms with E-state index in [-0.39, 0.29) is 23.6 Å². The average Bonchev–Trinajstić information content (AvgIpc) is 3.12. The highest BCUT2D eigenvalue weighted by atomic mass is 19.4. The molecule has 0 atom stereocenters. The Hall–Kier alpha value is -1.56. The number of carbonyl (C=O) groups excluding carboxylic acids is 1. The van der Waals surface area contributed by atoms with Crippen LogP contribution in [0.15, 0.2) is 12.1 Å². The van der Waals surface area contributed by atoms with Crippen LogP contribution >= 0.6 is 0 Å². The fourth-order valence-electron chi connectivity index (χ4n) is 3.72. The van der Waals surface area contributed by atoms with Crippen LogP contribution in [-0.4, -0.2) is 35.8 Å². The van der Waals surface area contributed by atoms with Crippen molar-refractivity contribution >= 4 is 5.91 Å². The number of alkyl halides is 3. The molecule has 22 heavy (non-hydrogen) atoms. The molecular formula is C16H17F3N2O. The molecule has 2 heterocycles. The highest BCUT2D eigenvalue weighted by Crippen LogP contribution is 2.53. The summed E-state index contributed by atoms with van der Waals surface area (Å²) in [7, 11) is 1.54. The van der Waals surface area contributed by atoms with Crippen molar-refractivity contribution in [3.05, 3.63) is 34.4 Å². The van der Waals surface area contributed by atoms with Crippen molar-refractivity contribution in [2.45, 2.75) is 32.1 Å². The summed E-state index contributed by atoms with van der Waals surface area (Å²) in [6.07, 6.45) is -1.94. The number of benzene rings is 1. The summed E-state index contributed by atoms with van der Waals surface area (Å²) >= 11 is 0. The molecule has 3 aliphatic rings. The molecule has 1 spiro atoms. The SMILES string of the molecule is CN1Cc2c(cc(CN3CC4(CC4)C3)cc2C(F)(F)F)C1=O. The van der Waals surface area contributed by atoms with Crippen molar-refractivity contribution < 1.29 is 18.0 Å². The molecule has 1 saturated carbocycles. The first-order chi connectivity index (χ1) is 10.3. The van der Waals surface area contributed by atoms with E-state index in [9.17, 15) is 18.0 Å². The van der Waals surface area contributed by atoms with Crippen LogP contribution in [0.5, 0.6) is 0 Å². The van der Waals surface area contributed by atoms with E-state index in [1.54, 1.807) is 6.07 Å². The van der Waals surface area contributed by atoms with Crippen molar-refractivity contribution in [1.29, 1.82) is 0 Å². The second-order valence-corrected chi connectivity index (χ2v) is 6.97. The number of fused-ring (bicyclic) bond motifs is 1. The summed E-state index contributed by atoms with van der Waals surface area (Å²) in [5.74, 6) is -0.315. The number of carbonyl (C=O) groups is 1. The zero-order valence-corrected chi connectivity index (χ0v) is 12.3. The van der Waals surface area contributed by atoms with Gasteiger partial charge in [-0.3, -0.25) is 9.69 Å². The Kier molecular flexibility index (Phi) is 2.72. The molecular weight excluding hydrogens is 293 g/mol. The van der Waals surface area contributed by atoms with Gasteiger partial charge >= 0.3 is 6.18 Å². The number of likely N-dealkylation sites (tertiary alicyclic amines) is 1. The van der Waals surface area contributed by atoms with Gasteiger partial charge in [0.25, 0.3) is 5.91 Å². The largest absolute Gasteiger partial charge is 0.416 e. The second-order valence-electron chi connectivity index (χ2n) is 6.97. The van der Waals surface area contributed by atoms with E-state index in [1.165, 1.54) is 30.9 Å². The molecule has 0 unspecified atom stereocenters. The van der Waals surface area contributed by atoms with Crippen molar-refractivity contribution in [3.63, 3.8) is 0 Å². The van der Waals surface area contributed by atoms with Gasteiger partial charge in [0.2, 0.25) is 0 Å². The Balaban J connectivity index is 1.66. The van der Waals surface area contributed by atoms with Gasteiger partial charge in [0.1, 0.15) is 0 Å². The molecule has 1 aromatic rings. The average molecular weight is 310 g/mol. The minimum Gasteiger partial charge on any atom is -0.337 e. The van der Waals surface area contributed by atoms with Crippen LogP contribution in [0.25, 0.3) is 0 Å². The Morgan fingerprint density at radius 1 is 1.23 bits per heavy atom. The van der Waals surface area contributed by atoms with Gasteiger partial charge in [-0.2, -0.15) is 13.2 Å². The quantitative estimate of drug-likeness (QED) is 0.838. The number of nitrogens with zero attached hydrogens (tertiary/aromatic N) is 2. The molecule has 1 amide bonds. The number of hydrogen-bond donors (Lipinski definition) is 0. The van der Waals surface area contributed by atoms with E-state index in [1.807, 2.05) is 0 Å². The maximum absolute atomic E-state index is 13.3. The van der Waals surface area contributed by atoms with E-state index in [4.69, 9.17) is 0 Å². The molecule has 0 N–H and O–H groups in total. The molecule has 0 radical (unpaired) electrons. The molecule has 6 heteroatoms. The van der Waals surface area contributed by atoms with Crippen LogP contribution in [0.1, 0.15) is 39.9 Å². The first-order valence-electron chi connectivity index (χ1n) is 7.48. The topological polar surface area (TPSA) is 23.6 Å². The van der Waals surface area contributed by atoms with Gasteiger partial charge in [0, 0.05) is 38.8 Å². The second kappa shape index (κ2) is 4.25. The van der Waals surface area contributed by atoms with Crippen molar-refractivity contribution in [1.82, 2.24) is 9.80 Å². The number of hydrogen-bond acceptors (Lipinski definition) is 2. The maximum Gasteiger partial charge on any atom is 0.416 e. The highest BCUT2D eigenvalue weighted by Gasteiger charge is 2.52. The van der Waals surface area contributed by atoms with Crippen LogP contribution < -0.4 is 0 Å². The van der Waals surface area contributed by atoms with Gasteiger partial charge in [-0.25, -0.2) is 0 Å². The molecule has 4 rings (SSSR count). The summed E-state index contributed by atoms with van der Waals surface area (Å²) in [6.45, 7) is 2.48. The van der Waals surface area contributed by atoms with E-state index in [2.05, 4.69) is 4.90 Å². The first-order valence-corrected chi connectivity index (χ1v) is 7.48. The lowest BCUT2D eigenvalue weighted by atomic mass is 9.94. The molecule has 1 aliphatic carbocycles. The molecule has 3 nitrogen and oxygen atoms in total. The van der Waals surface area contributed by atoms with Crippen molar-refractivity contribution in [2.24, 2.45) is 5.41 Å². The van der Waals surface area contributed by atoms with Crippen LogP contribution in [-0.2, 0) is 19.3 Å². The molecule has 0 aromatic heterocycles. The Morgan fingerprint density at radius 2 is 1.91 bits per heavy atom. The van der Waals surface area contributed by atoms with E-state index in [0.717, 1.165) is 13.1 Å². The third kappa shape index (κ3) is 2.12. The number of rotatable bonds is 2. The normalized spacial score (nSPS) is 22.9. The van der Waals surface area contributed by atoms with Gasteiger partial charge in [-0.15, -0.1) is 0 Å². The van der Waals surface area contributed by atoms with Crippen LogP contribution in [0.4, 0.5) is 13.2 Å². The number of amides is 1. The Morgan fingerprint density at radius 3 is 2.50 bits per heavy atom. The summed E-state index contributed by atoms with van der Waals surface area (Å²) in [6, 6.07) is 2.87. The summed E-state index contributed by atoms with van der Waals surface area (Å²) in [5.41, 5.74) is 0.740. The molecule has 2 fully saturated rings. The lowest BCUT2D eigenvalue weighted by Crippen LogP contribution is -2.47. The van der Waals surface area contributed by atoms with E-state index >= 15 is 0 Å². The van der Waals surface area contributed by atoms with E-state index < -0.39 is 11.7 Å². The molecule has 1 aromatic carbocycles. The standard InChI is InChI=1S/C16H17F3N2O/c1-20-7-12-11(14(20)22)4-10(5-13(12)16(17,18)19)6-21-8-15(9-21)2-3-15/h4-5H,2-3,6-9H2,1H3. The first kappa shape index (κ1) is 14.1. The third-order valence-electron chi connectivity index (χ3n) is 5.07. The fourth-order valence-corrected chi connectivity index (χ4v) is 3.72. The smallest absolute Gasteiger partial charge is 0.337 e. The van der Waals surface area contributed by atoms with Gasteiger partial charge < -0.3 is 4.90 Å². The fraction of sp³-hybridized carbons (Fsp3) is 0.562. The molecule has 1 saturated heterocycles. The number of halogens is 3. The van der Waals surface area contributed by atoms with Gasteiger partial charge in [-0.05, 0) is 41.5 Å². The van der Waals surface area contributed by atoms with Gasteiger partial charge in [0.15, 0.2) is 0 Å². The zero-order chi connectivity index (χ0) is 15.7. The van der Waals surface area contributed by atoms with Gasteiger partial charge in [0.05, 0.1) is 5.56 Å². The van der Waals surface area contributed by atoms with Crippen molar-refractivity contribution in [2.75, 3.05) is 20.1 Å². The van der Waals surface area contributed by atoms with Crippen LogP contribution in [0, 0.1) is 5.41 Å². The summed E-state index contributed by atoms with van der Waals surface area (Å²) in [4.78, 5) is 15.6. The lowest BCUT2D eigenvalue weighted by molar-refractivity contribution is -0.138. The summed E-state index contributed by atoms with van der Waals surface area (Å²) < 4.78 is 39.9. The minimum atomic E-state index is -4.42. The third-order valence-corrected chi connectivity index (χ3v) is 5.07. The Labute approximate surface area is 126 Å². The molecule has 0 bridgehead atoms. The van der Waals surface area contributed by atoms with Gasteiger partial charge in [-0.1, -0.05) is 0 Å². The predicted octanol–water partition coefficient (Wildman–Crippen LogP) is 2.89. The Bertz CT molecular complexity index is 656. The monoisotopic (exact) mass is 310 g/mol. The highest BCUT2D eigenvalue weighted by molar-refractivity contribution is 5.98. The van der Waals surface area contributed by atoms with Crippen molar-refractivity contribution in [3.8, 4) is 0 Å². The van der Waals surface area contributed by atoms with Crippen LogP contribution in [0.2, 0.25) is 0 Å². The lowest BCUT2D eigenvalue weighted by Gasteiger charge is -2.40. The summed E-state index contributed by atoms with van der Waals surface area (Å²) in [5, 5.41) is 0. The minimum absolute atomic E-state index is 0.0378. The maximum atomic E-state index is 13.3. The molecule has 118 valence electrons.